The lowest BCUT2D eigenvalue weighted by atomic mass is 10.1. The first-order chi connectivity index (χ1) is 13.1. The van der Waals surface area contributed by atoms with Crippen molar-refractivity contribution in [2.75, 3.05) is 31.1 Å². The van der Waals surface area contributed by atoms with Crippen molar-refractivity contribution in [3.05, 3.63) is 66.4 Å². The number of benzene rings is 2. The number of rotatable bonds is 4. The van der Waals surface area contributed by atoms with E-state index in [-0.39, 0.29) is 0 Å². The van der Waals surface area contributed by atoms with Crippen LogP contribution in [0, 0.1) is 0 Å². The Labute approximate surface area is 160 Å². The normalized spacial score (nSPS) is 16.0. The van der Waals surface area contributed by atoms with Crippen LogP contribution in [0.5, 0.6) is 0 Å². The molecule has 0 unspecified atom stereocenters. The molecule has 140 valence electrons. The number of pyridine rings is 1. The second kappa shape index (κ2) is 7.29. The standard InChI is InChI=1S/C21H23N3O2S/c1-2-17-8-10-19(11-9-17)27(25,26)24-15-13-23(14-16-24)20-7-3-5-18-6-4-12-22-21(18)20/h3-12H,2,13-16H2,1H3. The molecule has 0 radical (unpaired) electrons. The second-order valence-electron chi connectivity index (χ2n) is 6.74. The Bertz CT molecular complexity index is 1040. The average Bonchev–Trinajstić information content (AvgIpc) is 2.73. The van der Waals surface area contributed by atoms with Crippen molar-refractivity contribution in [1.29, 1.82) is 0 Å². The lowest BCUT2D eigenvalue weighted by molar-refractivity contribution is 0.385. The molecule has 1 aromatic heterocycles. The summed E-state index contributed by atoms with van der Waals surface area (Å²) in [7, 11) is -3.44. The highest BCUT2D eigenvalue weighted by molar-refractivity contribution is 7.89. The van der Waals surface area contributed by atoms with Gasteiger partial charge >= 0.3 is 0 Å². The van der Waals surface area contributed by atoms with Gasteiger partial charge in [-0.25, -0.2) is 8.42 Å². The number of fused-ring (bicyclic) bond motifs is 1. The van der Waals surface area contributed by atoms with Crippen molar-refractivity contribution in [2.45, 2.75) is 18.2 Å². The smallest absolute Gasteiger partial charge is 0.243 e. The van der Waals surface area contributed by atoms with Crippen molar-refractivity contribution in [3.63, 3.8) is 0 Å². The molecule has 0 bridgehead atoms. The summed E-state index contributed by atoms with van der Waals surface area (Å²) < 4.78 is 27.5. The van der Waals surface area contributed by atoms with E-state index in [0.717, 1.165) is 28.6 Å². The fraction of sp³-hybridized carbons (Fsp3) is 0.286. The maximum absolute atomic E-state index is 12.9. The van der Waals surface area contributed by atoms with Gasteiger partial charge in [-0.15, -0.1) is 0 Å². The molecule has 5 nitrogen and oxygen atoms in total. The monoisotopic (exact) mass is 381 g/mol. The molecular weight excluding hydrogens is 358 g/mol. The predicted molar refractivity (Wildman–Crippen MR) is 109 cm³/mol. The Balaban J connectivity index is 1.52. The summed E-state index contributed by atoms with van der Waals surface area (Å²) in [5.41, 5.74) is 3.17. The molecule has 0 amide bonds. The summed E-state index contributed by atoms with van der Waals surface area (Å²) in [5.74, 6) is 0. The van der Waals surface area contributed by atoms with Crippen LogP contribution in [0.2, 0.25) is 0 Å². The van der Waals surface area contributed by atoms with E-state index in [0.29, 0.717) is 31.1 Å². The molecule has 0 atom stereocenters. The van der Waals surface area contributed by atoms with E-state index in [1.807, 2.05) is 36.4 Å². The first-order valence-corrected chi connectivity index (χ1v) is 10.7. The number of sulfonamides is 1. The zero-order chi connectivity index (χ0) is 18.9. The first kappa shape index (κ1) is 17.9. The maximum atomic E-state index is 12.9. The topological polar surface area (TPSA) is 53.5 Å². The highest BCUT2D eigenvalue weighted by Gasteiger charge is 2.29. The third-order valence-electron chi connectivity index (χ3n) is 5.16. The first-order valence-electron chi connectivity index (χ1n) is 9.27. The van der Waals surface area contributed by atoms with Crippen LogP contribution in [0.1, 0.15) is 12.5 Å². The van der Waals surface area contributed by atoms with Gasteiger partial charge in [0.25, 0.3) is 0 Å². The van der Waals surface area contributed by atoms with Crippen LogP contribution in [0.4, 0.5) is 5.69 Å². The lowest BCUT2D eigenvalue weighted by Crippen LogP contribution is -2.48. The summed E-state index contributed by atoms with van der Waals surface area (Å²) in [6.45, 7) is 4.32. The average molecular weight is 382 g/mol. The van der Waals surface area contributed by atoms with E-state index in [4.69, 9.17) is 0 Å². The second-order valence-corrected chi connectivity index (χ2v) is 8.68. The number of hydrogen-bond acceptors (Lipinski definition) is 4. The molecule has 0 saturated carbocycles. The van der Waals surface area contributed by atoms with Gasteiger partial charge < -0.3 is 4.90 Å². The molecule has 27 heavy (non-hydrogen) atoms. The summed E-state index contributed by atoms with van der Waals surface area (Å²) in [5, 5.41) is 1.10. The van der Waals surface area contributed by atoms with Gasteiger partial charge in [-0.2, -0.15) is 4.31 Å². The molecule has 1 fully saturated rings. The van der Waals surface area contributed by atoms with Crippen molar-refractivity contribution >= 4 is 26.6 Å². The Morgan fingerprint density at radius 3 is 2.33 bits per heavy atom. The number of aromatic nitrogens is 1. The minimum absolute atomic E-state index is 0.375. The molecule has 4 rings (SSSR count). The Kier molecular flexibility index (Phi) is 4.85. The molecule has 3 aromatic rings. The van der Waals surface area contributed by atoms with Gasteiger partial charge in [0.1, 0.15) is 0 Å². The zero-order valence-electron chi connectivity index (χ0n) is 15.4. The number of hydrogen-bond donors (Lipinski definition) is 0. The van der Waals surface area contributed by atoms with Gasteiger partial charge in [-0.3, -0.25) is 4.98 Å². The molecule has 6 heteroatoms. The fourth-order valence-electron chi connectivity index (χ4n) is 3.56. The molecule has 1 saturated heterocycles. The third-order valence-corrected chi connectivity index (χ3v) is 7.07. The SMILES string of the molecule is CCc1ccc(S(=O)(=O)N2CCN(c3cccc4cccnc34)CC2)cc1. The van der Waals surface area contributed by atoms with E-state index in [1.54, 1.807) is 22.6 Å². The molecule has 1 aliphatic heterocycles. The molecule has 0 spiro atoms. The van der Waals surface area contributed by atoms with Crippen LogP contribution in [0.25, 0.3) is 10.9 Å². The third kappa shape index (κ3) is 3.42. The fourth-order valence-corrected chi connectivity index (χ4v) is 4.98. The number of nitrogens with zero attached hydrogens (tertiary/aromatic N) is 3. The van der Waals surface area contributed by atoms with Gasteiger partial charge in [0.2, 0.25) is 10.0 Å². The van der Waals surface area contributed by atoms with Crippen molar-refractivity contribution in [1.82, 2.24) is 9.29 Å². The van der Waals surface area contributed by atoms with Crippen LogP contribution in [-0.2, 0) is 16.4 Å². The largest absolute Gasteiger partial charge is 0.367 e. The Morgan fingerprint density at radius 2 is 1.63 bits per heavy atom. The number of aryl methyl sites for hydroxylation is 1. The van der Waals surface area contributed by atoms with Crippen LogP contribution < -0.4 is 4.90 Å². The predicted octanol–water partition coefficient (Wildman–Crippen LogP) is 3.31. The number of anilines is 1. The highest BCUT2D eigenvalue weighted by atomic mass is 32.2. The van der Waals surface area contributed by atoms with Gasteiger partial charge in [0, 0.05) is 37.8 Å². The summed E-state index contributed by atoms with van der Waals surface area (Å²) >= 11 is 0. The molecule has 2 aromatic carbocycles. The lowest BCUT2D eigenvalue weighted by Gasteiger charge is -2.35. The zero-order valence-corrected chi connectivity index (χ0v) is 16.2. The van der Waals surface area contributed by atoms with E-state index >= 15 is 0 Å². The maximum Gasteiger partial charge on any atom is 0.243 e. The quantitative estimate of drug-likeness (QED) is 0.696. The van der Waals surface area contributed by atoms with E-state index < -0.39 is 10.0 Å². The van der Waals surface area contributed by atoms with Crippen LogP contribution in [0.3, 0.4) is 0 Å². The van der Waals surface area contributed by atoms with Crippen molar-refractivity contribution in [3.8, 4) is 0 Å². The van der Waals surface area contributed by atoms with Crippen molar-refractivity contribution in [2.24, 2.45) is 0 Å². The minimum atomic E-state index is -3.44. The van der Waals surface area contributed by atoms with Crippen LogP contribution >= 0.6 is 0 Å². The van der Waals surface area contributed by atoms with E-state index in [2.05, 4.69) is 22.9 Å². The van der Waals surface area contributed by atoms with Gasteiger partial charge in [-0.05, 0) is 36.2 Å². The van der Waals surface area contributed by atoms with Gasteiger partial charge in [-0.1, -0.05) is 37.3 Å². The van der Waals surface area contributed by atoms with Gasteiger partial charge in [0.15, 0.2) is 0 Å². The van der Waals surface area contributed by atoms with E-state index in [1.165, 1.54) is 0 Å². The molecule has 1 aliphatic rings. The Morgan fingerprint density at radius 1 is 0.926 bits per heavy atom. The van der Waals surface area contributed by atoms with E-state index in [9.17, 15) is 8.42 Å². The van der Waals surface area contributed by atoms with Gasteiger partial charge in [0.05, 0.1) is 16.1 Å². The summed E-state index contributed by atoms with van der Waals surface area (Å²) in [6.07, 6.45) is 2.70. The van der Waals surface area contributed by atoms with Crippen molar-refractivity contribution < 1.29 is 8.42 Å². The number of para-hydroxylation sites is 1. The molecule has 0 N–H and O–H groups in total. The Hall–Kier alpha value is -2.44. The van der Waals surface area contributed by atoms with Crippen LogP contribution in [-0.4, -0.2) is 43.9 Å². The molecular formula is C21H23N3O2S. The minimum Gasteiger partial charge on any atom is -0.367 e. The molecule has 2 heterocycles. The number of piperazine rings is 1. The summed E-state index contributed by atoms with van der Waals surface area (Å²) in [4.78, 5) is 7.11. The molecule has 0 aliphatic carbocycles. The highest BCUT2D eigenvalue weighted by Crippen LogP contribution is 2.27. The van der Waals surface area contributed by atoms with Crippen LogP contribution in [0.15, 0.2) is 65.7 Å². The summed E-state index contributed by atoms with van der Waals surface area (Å²) in [6, 6.07) is 17.3.